The van der Waals surface area contributed by atoms with Crippen molar-refractivity contribution in [2.45, 2.75) is 19.1 Å². The lowest BCUT2D eigenvalue weighted by molar-refractivity contribution is 0.0159. The van der Waals surface area contributed by atoms with Crippen molar-refractivity contribution in [1.29, 1.82) is 0 Å². The maximum Gasteiger partial charge on any atom is 0.321 e. The van der Waals surface area contributed by atoms with Crippen molar-refractivity contribution in [1.82, 2.24) is 4.90 Å². The molecule has 26 heavy (non-hydrogen) atoms. The zero-order valence-corrected chi connectivity index (χ0v) is 14.8. The lowest BCUT2D eigenvalue weighted by Crippen LogP contribution is -2.40. The highest BCUT2D eigenvalue weighted by molar-refractivity contribution is 6.01. The molecule has 4 heteroatoms. The number of carbonyl (C=O) groups is 1. The van der Waals surface area contributed by atoms with Crippen LogP contribution in [0, 0.1) is 0 Å². The molecule has 0 radical (unpaired) electrons. The fraction of sp³-hybridized carbons (Fsp3) is 0.227. The van der Waals surface area contributed by atoms with Gasteiger partial charge in [0.1, 0.15) is 0 Å². The lowest BCUT2D eigenvalue weighted by Gasteiger charge is -2.29. The van der Waals surface area contributed by atoms with Gasteiger partial charge in [-0.1, -0.05) is 60.7 Å². The van der Waals surface area contributed by atoms with E-state index >= 15 is 0 Å². The van der Waals surface area contributed by atoms with Crippen molar-refractivity contribution in [3.63, 3.8) is 0 Å². The van der Waals surface area contributed by atoms with Crippen molar-refractivity contribution in [3.05, 3.63) is 77.9 Å². The summed E-state index contributed by atoms with van der Waals surface area (Å²) in [5.74, 6) is 0. The standard InChI is InChI=1S/C22H22N2O2/c1-24(14-19-13-17-8-2-3-9-18(17)15-26-19)22(25)23-21-12-6-10-16-7-4-5-11-20(16)21/h2-12,19H,13-15H2,1H3,(H,23,25). The number of likely N-dealkylation sites (N-methyl/N-ethyl adjacent to an activating group) is 1. The van der Waals surface area contributed by atoms with Crippen LogP contribution < -0.4 is 5.32 Å². The van der Waals surface area contributed by atoms with E-state index in [2.05, 4.69) is 23.5 Å². The van der Waals surface area contributed by atoms with Crippen LogP contribution in [0.25, 0.3) is 10.8 Å². The zero-order valence-electron chi connectivity index (χ0n) is 14.8. The van der Waals surface area contributed by atoms with Crippen molar-refractivity contribution in [3.8, 4) is 0 Å². The predicted octanol–water partition coefficient (Wildman–Crippen LogP) is 4.45. The minimum absolute atomic E-state index is 0.0215. The Bertz CT molecular complexity index is 933. The Morgan fingerprint density at radius 2 is 1.77 bits per heavy atom. The number of nitrogens with zero attached hydrogens (tertiary/aromatic N) is 1. The molecule has 0 bridgehead atoms. The Hall–Kier alpha value is -2.85. The average molecular weight is 346 g/mol. The van der Waals surface area contributed by atoms with Gasteiger partial charge in [-0.15, -0.1) is 0 Å². The first-order valence-corrected chi connectivity index (χ1v) is 8.89. The molecule has 1 aliphatic rings. The molecule has 0 spiro atoms. The smallest absolute Gasteiger partial charge is 0.321 e. The van der Waals surface area contributed by atoms with E-state index in [4.69, 9.17) is 4.74 Å². The van der Waals surface area contributed by atoms with E-state index < -0.39 is 0 Å². The Morgan fingerprint density at radius 3 is 2.65 bits per heavy atom. The molecule has 0 saturated carbocycles. The Kier molecular flexibility index (Phi) is 4.59. The first-order chi connectivity index (χ1) is 12.7. The zero-order chi connectivity index (χ0) is 17.9. The molecule has 3 aromatic rings. The SMILES string of the molecule is CN(CC1Cc2ccccc2CO1)C(=O)Nc1cccc2ccccc12. The number of ether oxygens (including phenoxy) is 1. The molecule has 1 aliphatic heterocycles. The second-order valence-electron chi connectivity index (χ2n) is 6.74. The number of amides is 2. The number of hydrogen-bond acceptors (Lipinski definition) is 2. The van der Waals surface area contributed by atoms with Crippen LogP contribution >= 0.6 is 0 Å². The maximum absolute atomic E-state index is 12.6. The Labute approximate surface area is 153 Å². The first-order valence-electron chi connectivity index (χ1n) is 8.89. The van der Waals surface area contributed by atoms with E-state index in [9.17, 15) is 4.79 Å². The summed E-state index contributed by atoms with van der Waals surface area (Å²) < 4.78 is 5.92. The number of rotatable bonds is 3. The van der Waals surface area contributed by atoms with Gasteiger partial charge in [-0.3, -0.25) is 0 Å². The third kappa shape index (κ3) is 3.41. The van der Waals surface area contributed by atoms with Gasteiger partial charge in [0.15, 0.2) is 0 Å². The van der Waals surface area contributed by atoms with Crippen LogP contribution in [-0.2, 0) is 17.8 Å². The monoisotopic (exact) mass is 346 g/mol. The third-order valence-corrected chi connectivity index (χ3v) is 4.90. The topological polar surface area (TPSA) is 41.6 Å². The number of hydrogen-bond donors (Lipinski definition) is 1. The van der Waals surface area contributed by atoms with E-state index in [-0.39, 0.29) is 12.1 Å². The Balaban J connectivity index is 1.42. The third-order valence-electron chi connectivity index (χ3n) is 4.90. The molecule has 4 nitrogen and oxygen atoms in total. The summed E-state index contributed by atoms with van der Waals surface area (Å²) in [5, 5.41) is 5.18. The van der Waals surface area contributed by atoms with Gasteiger partial charge in [0.05, 0.1) is 18.4 Å². The number of fused-ring (bicyclic) bond motifs is 2. The summed E-state index contributed by atoms with van der Waals surface area (Å²) in [7, 11) is 1.81. The summed E-state index contributed by atoms with van der Waals surface area (Å²) in [6.45, 7) is 1.17. The molecule has 1 N–H and O–H groups in total. The normalized spacial score (nSPS) is 16.1. The maximum atomic E-state index is 12.6. The molecule has 4 rings (SSSR count). The van der Waals surface area contributed by atoms with E-state index in [1.807, 2.05) is 55.6 Å². The molecule has 1 heterocycles. The van der Waals surface area contributed by atoms with E-state index in [0.717, 1.165) is 22.9 Å². The van der Waals surface area contributed by atoms with Crippen LogP contribution in [0.2, 0.25) is 0 Å². The highest BCUT2D eigenvalue weighted by atomic mass is 16.5. The number of carbonyl (C=O) groups excluding carboxylic acids is 1. The van der Waals surface area contributed by atoms with E-state index in [1.165, 1.54) is 11.1 Å². The van der Waals surface area contributed by atoms with Gasteiger partial charge in [0.25, 0.3) is 0 Å². The molecule has 132 valence electrons. The van der Waals surface area contributed by atoms with E-state index in [0.29, 0.717) is 13.2 Å². The summed E-state index contributed by atoms with van der Waals surface area (Å²) in [6.07, 6.45) is 0.857. The van der Waals surface area contributed by atoms with Crippen molar-refractivity contribution < 1.29 is 9.53 Å². The first kappa shape index (κ1) is 16.6. The lowest BCUT2D eigenvalue weighted by atomic mass is 9.99. The molecule has 0 fully saturated rings. The molecular weight excluding hydrogens is 324 g/mol. The number of nitrogens with one attached hydrogen (secondary N) is 1. The summed E-state index contributed by atoms with van der Waals surface area (Å²) in [5.41, 5.74) is 3.38. The van der Waals surface area contributed by atoms with Crippen LogP contribution in [0.3, 0.4) is 0 Å². The number of anilines is 1. The number of urea groups is 1. The second-order valence-corrected chi connectivity index (χ2v) is 6.74. The molecule has 0 aliphatic carbocycles. The quantitative estimate of drug-likeness (QED) is 0.761. The van der Waals surface area contributed by atoms with Crippen LogP contribution in [0.1, 0.15) is 11.1 Å². The molecule has 1 atom stereocenters. The van der Waals surface area contributed by atoms with Crippen LogP contribution in [0.15, 0.2) is 66.7 Å². The summed E-state index contributed by atoms with van der Waals surface area (Å²) in [6, 6.07) is 22.2. The van der Waals surface area contributed by atoms with E-state index in [1.54, 1.807) is 4.90 Å². The largest absolute Gasteiger partial charge is 0.371 e. The highest BCUT2D eigenvalue weighted by Crippen LogP contribution is 2.24. The van der Waals surface area contributed by atoms with Crippen molar-refractivity contribution >= 4 is 22.5 Å². The summed E-state index contributed by atoms with van der Waals surface area (Å²) >= 11 is 0. The molecule has 3 aromatic carbocycles. The second kappa shape index (κ2) is 7.18. The Morgan fingerprint density at radius 1 is 1.04 bits per heavy atom. The fourth-order valence-corrected chi connectivity index (χ4v) is 3.46. The van der Waals surface area contributed by atoms with Gasteiger partial charge in [0.2, 0.25) is 0 Å². The van der Waals surface area contributed by atoms with Gasteiger partial charge < -0.3 is 15.0 Å². The van der Waals surface area contributed by atoms with Crippen molar-refractivity contribution in [2.24, 2.45) is 0 Å². The molecule has 2 amide bonds. The summed E-state index contributed by atoms with van der Waals surface area (Å²) in [4.78, 5) is 14.3. The van der Waals surface area contributed by atoms with Gasteiger partial charge >= 0.3 is 6.03 Å². The predicted molar refractivity (Wildman–Crippen MR) is 104 cm³/mol. The van der Waals surface area contributed by atoms with Gasteiger partial charge in [0, 0.05) is 25.4 Å². The van der Waals surface area contributed by atoms with Gasteiger partial charge in [-0.05, 0) is 22.6 Å². The minimum atomic E-state index is -0.121. The van der Waals surface area contributed by atoms with Crippen LogP contribution in [-0.4, -0.2) is 30.6 Å². The molecule has 0 saturated heterocycles. The molecule has 0 aromatic heterocycles. The average Bonchev–Trinajstić information content (AvgIpc) is 2.68. The molecular formula is C22H22N2O2. The van der Waals surface area contributed by atoms with Crippen LogP contribution in [0.5, 0.6) is 0 Å². The minimum Gasteiger partial charge on any atom is -0.371 e. The fourth-order valence-electron chi connectivity index (χ4n) is 3.46. The van der Waals surface area contributed by atoms with Gasteiger partial charge in [-0.25, -0.2) is 4.79 Å². The number of benzene rings is 3. The van der Waals surface area contributed by atoms with Crippen molar-refractivity contribution in [2.75, 3.05) is 18.9 Å². The molecule has 1 unspecified atom stereocenters. The highest BCUT2D eigenvalue weighted by Gasteiger charge is 2.22. The van der Waals surface area contributed by atoms with Gasteiger partial charge in [-0.2, -0.15) is 0 Å². The van der Waals surface area contributed by atoms with Crippen LogP contribution in [0.4, 0.5) is 10.5 Å².